The van der Waals surface area contributed by atoms with Gasteiger partial charge in [0.1, 0.15) is 5.54 Å². The summed E-state index contributed by atoms with van der Waals surface area (Å²) in [5.74, 6) is 0.0359. The molecule has 0 aromatic heterocycles. The summed E-state index contributed by atoms with van der Waals surface area (Å²) in [6, 6.07) is 15.8. The fourth-order valence-electron chi connectivity index (χ4n) is 6.82. The third-order valence-electron chi connectivity index (χ3n) is 8.87. The zero-order valence-electron chi connectivity index (χ0n) is 23.8. The molecule has 2 atom stereocenters. The molecule has 3 aliphatic heterocycles. The summed E-state index contributed by atoms with van der Waals surface area (Å²) in [6.07, 6.45) is 1.25. The van der Waals surface area contributed by atoms with Crippen molar-refractivity contribution in [2.24, 2.45) is 5.92 Å². The van der Waals surface area contributed by atoms with E-state index in [1.54, 1.807) is 17.0 Å². The van der Waals surface area contributed by atoms with Gasteiger partial charge in [-0.2, -0.15) is 0 Å². The zero-order valence-corrected chi connectivity index (χ0v) is 24.6. The number of hydrogen-bond acceptors (Lipinski definition) is 6. The van der Waals surface area contributed by atoms with Crippen molar-refractivity contribution in [2.45, 2.75) is 55.6 Å². The topological polar surface area (TPSA) is 119 Å². The summed E-state index contributed by atoms with van der Waals surface area (Å²) in [5.41, 5.74) is 0.904. The molecule has 10 nitrogen and oxygen atoms in total. The maximum absolute atomic E-state index is 13.9. The predicted molar refractivity (Wildman–Crippen MR) is 153 cm³/mol. The number of nitrogens with zero attached hydrogens (tertiary/aromatic N) is 4. The molecule has 220 valence electrons. The number of hydrogen-bond donors (Lipinski definition) is 1. The Hall–Kier alpha value is -3.44. The van der Waals surface area contributed by atoms with Gasteiger partial charge >= 0.3 is 12.1 Å². The van der Waals surface area contributed by atoms with Crippen LogP contribution in [0.15, 0.2) is 59.5 Å². The van der Waals surface area contributed by atoms with E-state index >= 15 is 0 Å². The first-order chi connectivity index (χ1) is 19.4. The van der Waals surface area contributed by atoms with E-state index in [2.05, 4.69) is 17.0 Å². The van der Waals surface area contributed by atoms with Gasteiger partial charge in [-0.3, -0.25) is 9.69 Å². The smallest absolute Gasteiger partial charge is 0.407 e. The Morgan fingerprint density at radius 3 is 2.20 bits per heavy atom. The fourth-order valence-corrected chi connectivity index (χ4v) is 7.45. The number of rotatable bonds is 7. The number of likely N-dealkylation sites (tertiary alicyclic amines) is 2. The lowest BCUT2D eigenvalue weighted by Gasteiger charge is -2.44. The Kier molecular flexibility index (Phi) is 7.86. The van der Waals surface area contributed by atoms with Gasteiger partial charge in [0.05, 0.1) is 11.4 Å². The van der Waals surface area contributed by atoms with Gasteiger partial charge in [0.2, 0.25) is 0 Å². The molecular weight excluding hydrogens is 544 g/mol. The van der Waals surface area contributed by atoms with E-state index < -0.39 is 21.5 Å². The zero-order chi connectivity index (χ0) is 29.5. The van der Waals surface area contributed by atoms with Crippen molar-refractivity contribution in [1.82, 2.24) is 19.6 Å². The molecule has 1 spiro atoms. The molecule has 5 rings (SSSR count). The van der Waals surface area contributed by atoms with Crippen molar-refractivity contribution in [2.75, 3.05) is 39.0 Å². The molecular formula is C30H38N4O6S. The molecule has 4 amide bonds. The highest BCUT2D eigenvalue weighted by Gasteiger charge is 2.58. The van der Waals surface area contributed by atoms with Gasteiger partial charge in [-0.05, 0) is 55.9 Å². The van der Waals surface area contributed by atoms with Crippen LogP contribution in [0.3, 0.4) is 0 Å². The molecule has 0 radical (unpaired) electrons. The summed E-state index contributed by atoms with van der Waals surface area (Å²) in [7, 11) is -3.34. The van der Waals surface area contributed by atoms with E-state index in [0.29, 0.717) is 44.6 Å². The molecule has 2 aromatic rings. The number of urea groups is 1. The predicted octanol–water partition coefficient (Wildman–Crippen LogP) is 3.49. The number of imide groups is 1. The van der Waals surface area contributed by atoms with Gasteiger partial charge in [-0.15, -0.1) is 0 Å². The van der Waals surface area contributed by atoms with Gasteiger partial charge < -0.3 is 19.8 Å². The van der Waals surface area contributed by atoms with Crippen molar-refractivity contribution in [3.8, 4) is 0 Å². The van der Waals surface area contributed by atoms with Crippen molar-refractivity contribution >= 4 is 27.9 Å². The lowest BCUT2D eigenvalue weighted by molar-refractivity contribution is -0.136. The number of benzene rings is 2. The van der Waals surface area contributed by atoms with Gasteiger partial charge in [0.25, 0.3) is 5.91 Å². The first-order valence-electron chi connectivity index (χ1n) is 14.1. The summed E-state index contributed by atoms with van der Waals surface area (Å²) < 4.78 is 23.7. The van der Waals surface area contributed by atoms with Crippen LogP contribution in [0.2, 0.25) is 0 Å². The Bertz CT molecular complexity index is 1400. The Balaban J connectivity index is 1.30. The number of carbonyl (C=O) groups excluding carboxylic acids is 2. The Morgan fingerprint density at radius 2 is 1.63 bits per heavy atom. The molecule has 3 fully saturated rings. The van der Waals surface area contributed by atoms with Gasteiger partial charge in [0.15, 0.2) is 9.84 Å². The van der Waals surface area contributed by atoms with Gasteiger partial charge in [-0.25, -0.2) is 18.0 Å². The third kappa shape index (κ3) is 5.57. The summed E-state index contributed by atoms with van der Waals surface area (Å²) in [4.78, 5) is 46.3. The summed E-state index contributed by atoms with van der Waals surface area (Å²) in [6.45, 7) is 6.85. The Morgan fingerprint density at radius 1 is 1.00 bits per heavy atom. The van der Waals surface area contributed by atoms with Crippen LogP contribution in [0.5, 0.6) is 0 Å². The second-order valence-electron chi connectivity index (χ2n) is 11.9. The number of sulfone groups is 1. The second kappa shape index (κ2) is 11.1. The van der Waals surface area contributed by atoms with Crippen molar-refractivity contribution in [3.05, 3.63) is 65.7 Å². The molecule has 0 aliphatic carbocycles. The monoisotopic (exact) mass is 582 g/mol. The molecule has 3 saturated heterocycles. The minimum atomic E-state index is -3.34. The lowest BCUT2D eigenvalue weighted by Crippen LogP contribution is -2.58. The van der Waals surface area contributed by atoms with Crippen LogP contribution < -0.4 is 0 Å². The first kappa shape index (κ1) is 29.1. The molecule has 3 heterocycles. The molecule has 1 N–H and O–H groups in total. The van der Waals surface area contributed by atoms with Crippen LogP contribution in [0.4, 0.5) is 9.59 Å². The summed E-state index contributed by atoms with van der Waals surface area (Å²) >= 11 is 0. The molecule has 11 heteroatoms. The number of amides is 4. The van der Waals surface area contributed by atoms with E-state index in [0.717, 1.165) is 18.4 Å². The minimum absolute atomic E-state index is 0.0856. The van der Waals surface area contributed by atoms with Crippen molar-refractivity contribution < 1.29 is 27.9 Å². The van der Waals surface area contributed by atoms with Crippen LogP contribution in [0, 0.1) is 5.92 Å². The van der Waals surface area contributed by atoms with E-state index in [-0.39, 0.29) is 41.3 Å². The number of carbonyl (C=O) groups is 3. The van der Waals surface area contributed by atoms with Crippen molar-refractivity contribution in [3.63, 3.8) is 0 Å². The largest absolute Gasteiger partial charge is 0.465 e. The van der Waals surface area contributed by atoms with Crippen LogP contribution in [-0.2, 0) is 21.2 Å². The van der Waals surface area contributed by atoms with E-state index in [1.165, 1.54) is 21.9 Å². The molecule has 41 heavy (non-hydrogen) atoms. The van der Waals surface area contributed by atoms with Crippen LogP contribution in [0.25, 0.3) is 0 Å². The molecule has 0 bridgehead atoms. The molecule has 0 unspecified atom stereocenters. The first-order valence-corrected chi connectivity index (χ1v) is 16.0. The average Bonchev–Trinajstić information content (AvgIpc) is 3.44. The Labute approximate surface area is 241 Å². The highest BCUT2D eigenvalue weighted by atomic mass is 32.2. The third-order valence-corrected chi connectivity index (χ3v) is 9.99. The van der Waals surface area contributed by atoms with Gasteiger partial charge in [0, 0.05) is 50.9 Å². The normalized spacial score (nSPS) is 23.3. The summed E-state index contributed by atoms with van der Waals surface area (Å²) in [5, 5.41) is 9.66. The standard InChI is InChI=1S/C30H38N4O6S/c1-21(2)34-28(36)33(17-22-9-11-25(12-10-22)41(3,39)40)27(35)30(34)13-15-31(16-14-30)18-24-19-32(29(37)38)20-26(24)23-7-5-4-6-8-23/h4-12,21,24,26H,13-20H2,1-3H3,(H,37,38)/t24-,26+/m0/s1. The molecule has 2 aromatic carbocycles. The van der Waals surface area contributed by atoms with E-state index in [4.69, 9.17) is 0 Å². The number of piperidine rings is 1. The fraction of sp³-hybridized carbons (Fsp3) is 0.500. The van der Waals surface area contributed by atoms with E-state index in [9.17, 15) is 27.9 Å². The van der Waals surface area contributed by atoms with Crippen LogP contribution in [-0.4, -0.2) is 102 Å². The van der Waals surface area contributed by atoms with Crippen LogP contribution in [0.1, 0.15) is 43.7 Å². The van der Waals surface area contributed by atoms with Crippen LogP contribution >= 0.6 is 0 Å². The average molecular weight is 583 g/mol. The second-order valence-corrected chi connectivity index (χ2v) is 13.9. The van der Waals surface area contributed by atoms with Gasteiger partial charge in [-0.1, -0.05) is 42.5 Å². The quantitative estimate of drug-likeness (QED) is 0.497. The SMILES string of the molecule is CC(C)N1C(=O)N(Cc2ccc(S(C)(=O)=O)cc2)C(=O)C12CCN(C[C@H]1CN(C(=O)O)C[C@@H]1c1ccccc1)CC2. The minimum Gasteiger partial charge on any atom is -0.465 e. The highest BCUT2D eigenvalue weighted by molar-refractivity contribution is 7.90. The lowest BCUT2D eigenvalue weighted by atomic mass is 9.83. The molecule has 0 saturated carbocycles. The van der Waals surface area contributed by atoms with Crippen molar-refractivity contribution in [1.29, 1.82) is 0 Å². The molecule has 3 aliphatic rings. The highest BCUT2D eigenvalue weighted by Crippen LogP contribution is 2.41. The maximum atomic E-state index is 13.9. The maximum Gasteiger partial charge on any atom is 0.407 e. The van der Waals surface area contributed by atoms with E-state index in [1.807, 2.05) is 32.0 Å². The number of carboxylic acid groups (broad SMARTS) is 1.